The van der Waals surface area contributed by atoms with Crippen molar-refractivity contribution in [1.29, 1.82) is 0 Å². The van der Waals surface area contributed by atoms with E-state index in [1.807, 2.05) is 30.3 Å². The predicted molar refractivity (Wildman–Crippen MR) is 95.9 cm³/mol. The quantitative estimate of drug-likeness (QED) is 0.568. The van der Waals surface area contributed by atoms with Crippen LogP contribution in [0.25, 0.3) is 0 Å². The second-order valence-electron chi connectivity index (χ2n) is 5.84. The standard InChI is InChI=1S/C21H22N2O/c1-2-8-19(9-3-1)17-24-21-14-12-18(13-15-21)7-4-5-10-20-11-6-16-22-23-20/h1-3,6,8-9,11-16H,4-5,7,10,17H2. The van der Waals surface area contributed by atoms with Gasteiger partial charge in [-0.1, -0.05) is 42.5 Å². The Hall–Kier alpha value is -2.68. The van der Waals surface area contributed by atoms with Crippen LogP contribution in [0.15, 0.2) is 72.9 Å². The highest BCUT2D eigenvalue weighted by Crippen LogP contribution is 2.16. The Kier molecular flexibility index (Phi) is 5.95. The molecule has 1 heterocycles. The third kappa shape index (κ3) is 5.20. The summed E-state index contributed by atoms with van der Waals surface area (Å²) in [5.74, 6) is 0.919. The summed E-state index contributed by atoms with van der Waals surface area (Å²) in [6, 6.07) is 22.6. The van der Waals surface area contributed by atoms with E-state index < -0.39 is 0 Å². The molecule has 122 valence electrons. The van der Waals surface area contributed by atoms with Crippen molar-refractivity contribution in [3.63, 3.8) is 0 Å². The van der Waals surface area contributed by atoms with E-state index in [4.69, 9.17) is 4.74 Å². The molecular formula is C21H22N2O. The van der Waals surface area contributed by atoms with E-state index in [9.17, 15) is 0 Å². The number of hydrogen-bond donors (Lipinski definition) is 0. The van der Waals surface area contributed by atoms with E-state index >= 15 is 0 Å². The Balaban J connectivity index is 1.40. The Labute approximate surface area is 143 Å². The molecule has 1 aromatic heterocycles. The van der Waals surface area contributed by atoms with E-state index in [0.717, 1.165) is 37.1 Å². The number of unbranched alkanes of at least 4 members (excludes halogenated alkanes) is 1. The van der Waals surface area contributed by atoms with Gasteiger partial charge < -0.3 is 4.74 Å². The number of rotatable bonds is 8. The highest BCUT2D eigenvalue weighted by Gasteiger charge is 1.99. The Morgan fingerprint density at radius 2 is 1.50 bits per heavy atom. The number of aromatic nitrogens is 2. The zero-order valence-electron chi connectivity index (χ0n) is 13.8. The van der Waals surface area contributed by atoms with Crippen LogP contribution in [0, 0.1) is 0 Å². The van der Waals surface area contributed by atoms with Crippen molar-refractivity contribution < 1.29 is 4.74 Å². The fraction of sp³-hybridized carbons (Fsp3) is 0.238. The van der Waals surface area contributed by atoms with Gasteiger partial charge in [0.15, 0.2) is 0 Å². The molecule has 0 amide bonds. The van der Waals surface area contributed by atoms with Crippen LogP contribution in [-0.2, 0) is 19.4 Å². The second-order valence-corrected chi connectivity index (χ2v) is 5.84. The summed E-state index contributed by atoms with van der Waals surface area (Å²) in [4.78, 5) is 0. The van der Waals surface area contributed by atoms with Crippen molar-refractivity contribution >= 4 is 0 Å². The second kappa shape index (κ2) is 8.82. The maximum absolute atomic E-state index is 5.82. The van der Waals surface area contributed by atoms with Crippen molar-refractivity contribution in [1.82, 2.24) is 10.2 Å². The molecule has 3 heteroatoms. The average Bonchev–Trinajstić information content (AvgIpc) is 2.66. The molecule has 0 aliphatic rings. The molecule has 0 saturated heterocycles. The normalized spacial score (nSPS) is 10.5. The van der Waals surface area contributed by atoms with Crippen LogP contribution < -0.4 is 4.74 Å². The minimum Gasteiger partial charge on any atom is -0.489 e. The van der Waals surface area contributed by atoms with Gasteiger partial charge in [-0.3, -0.25) is 0 Å². The van der Waals surface area contributed by atoms with Crippen LogP contribution in [0.1, 0.15) is 29.7 Å². The summed E-state index contributed by atoms with van der Waals surface area (Å²) in [7, 11) is 0. The molecule has 0 radical (unpaired) electrons. The number of aryl methyl sites for hydroxylation is 2. The van der Waals surface area contributed by atoms with Crippen LogP contribution >= 0.6 is 0 Å². The molecule has 0 fully saturated rings. The van der Waals surface area contributed by atoms with Gasteiger partial charge in [-0.05, 0) is 61.1 Å². The monoisotopic (exact) mass is 318 g/mol. The lowest BCUT2D eigenvalue weighted by Crippen LogP contribution is -1.95. The number of ether oxygens (including phenoxy) is 1. The van der Waals surface area contributed by atoms with E-state index in [2.05, 4.69) is 46.6 Å². The van der Waals surface area contributed by atoms with Gasteiger partial charge in [-0.2, -0.15) is 10.2 Å². The van der Waals surface area contributed by atoms with Gasteiger partial charge in [0, 0.05) is 6.20 Å². The first-order valence-electron chi connectivity index (χ1n) is 8.42. The first kappa shape index (κ1) is 16.2. The van der Waals surface area contributed by atoms with Crippen LogP contribution in [-0.4, -0.2) is 10.2 Å². The van der Waals surface area contributed by atoms with E-state index in [-0.39, 0.29) is 0 Å². The SMILES string of the molecule is c1ccc(COc2ccc(CCCCc3cccnn3)cc2)cc1. The molecule has 0 unspecified atom stereocenters. The van der Waals surface area contributed by atoms with Gasteiger partial charge in [0.2, 0.25) is 0 Å². The Morgan fingerprint density at radius 3 is 2.25 bits per heavy atom. The maximum atomic E-state index is 5.82. The van der Waals surface area contributed by atoms with Crippen LogP contribution in [0.5, 0.6) is 5.75 Å². The first-order valence-corrected chi connectivity index (χ1v) is 8.42. The van der Waals surface area contributed by atoms with Crippen LogP contribution in [0.2, 0.25) is 0 Å². The minimum atomic E-state index is 0.609. The molecule has 24 heavy (non-hydrogen) atoms. The first-order chi connectivity index (χ1) is 11.9. The molecule has 3 aromatic rings. The van der Waals surface area contributed by atoms with Crippen molar-refractivity contribution in [3.8, 4) is 5.75 Å². The van der Waals surface area contributed by atoms with E-state index in [1.165, 1.54) is 11.1 Å². The molecule has 0 aliphatic heterocycles. The number of nitrogens with zero attached hydrogens (tertiary/aromatic N) is 2. The molecule has 0 bridgehead atoms. The zero-order valence-corrected chi connectivity index (χ0v) is 13.8. The summed E-state index contributed by atoms with van der Waals surface area (Å²) in [5, 5.41) is 8.02. The van der Waals surface area contributed by atoms with Gasteiger partial charge in [0.05, 0.1) is 5.69 Å². The molecule has 0 aliphatic carbocycles. The van der Waals surface area contributed by atoms with Crippen molar-refractivity contribution in [2.45, 2.75) is 32.3 Å². The Bertz CT molecular complexity index is 712. The van der Waals surface area contributed by atoms with Crippen molar-refractivity contribution in [2.24, 2.45) is 0 Å². The fourth-order valence-electron chi connectivity index (χ4n) is 2.60. The van der Waals surface area contributed by atoms with Crippen molar-refractivity contribution in [3.05, 3.63) is 89.7 Å². The molecule has 2 aromatic carbocycles. The lowest BCUT2D eigenvalue weighted by atomic mass is 10.1. The van der Waals surface area contributed by atoms with Crippen molar-refractivity contribution in [2.75, 3.05) is 0 Å². The highest BCUT2D eigenvalue weighted by molar-refractivity contribution is 5.28. The number of benzene rings is 2. The summed E-state index contributed by atoms with van der Waals surface area (Å²) in [6.45, 7) is 0.609. The smallest absolute Gasteiger partial charge is 0.119 e. The lowest BCUT2D eigenvalue weighted by molar-refractivity contribution is 0.306. The minimum absolute atomic E-state index is 0.609. The average molecular weight is 318 g/mol. The lowest BCUT2D eigenvalue weighted by Gasteiger charge is -2.07. The highest BCUT2D eigenvalue weighted by atomic mass is 16.5. The molecule has 3 rings (SSSR count). The third-order valence-electron chi connectivity index (χ3n) is 3.95. The largest absolute Gasteiger partial charge is 0.489 e. The molecule has 0 saturated carbocycles. The van der Waals surface area contributed by atoms with Gasteiger partial charge in [-0.15, -0.1) is 0 Å². The van der Waals surface area contributed by atoms with Crippen LogP contribution in [0.3, 0.4) is 0 Å². The fourth-order valence-corrected chi connectivity index (χ4v) is 2.60. The van der Waals surface area contributed by atoms with Gasteiger partial charge in [0.1, 0.15) is 12.4 Å². The van der Waals surface area contributed by atoms with Gasteiger partial charge in [-0.25, -0.2) is 0 Å². The summed E-state index contributed by atoms with van der Waals surface area (Å²) in [5.41, 5.74) is 3.61. The third-order valence-corrected chi connectivity index (χ3v) is 3.95. The Morgan fingerprint density at radius 1 is 0.708 bits per heavy atom. The molecule has 0 atom stereocenters. The summed E-state index contributed by atoms with van der Waals surface area (Å²) in [6.07, 6.45) is 6.07. The van der Waals surface area contributed by atoms with Gasteiger partial charge in [0.25, 0.3) is 0 Å². The predicted octanol–water partition coefficient (Wildman–Crippen LogP) is 4.62. The molecular weight excluding hydrogens is 296 g/mol. The molecule has 0 spiro atoms. The van der Waals surface area contributed by atoms with E-state index in [1.54, 1.807) is 6.20 Å². The topological polar surface area (TPSA) is 35.0 Å². The van der Waals surface area contributed by atoms with Gasteiger partial charge >= 0.3 is 0 Å². The van der Waals surface area contributed by atoms with Crippen LogP contribution in [0.4, 0.5) is 0 Å². The summed E-state index contributed by atoms with van der Waals surface area (Å²) >= 11 is 0. The molecule has 3 nitrogen and oxygen atoms in total. The van der Waals surface area contributed by atoms with E-state index in [0.29, 0.717) is 6.61 Å². The zero-order chi connectivity index (χ0) is 16.5. The number of hydrogen-bond acceptors (Lipinski definition) is 3. The summed E-state index contributed by atoms with van der Waals surface area (Å²) < 4.78 is 5.82. The molecule has 0 N–H and O–H groups in total. The maximum Gasteiger partial charge on any atom is 0.119 e.